The molecule has 1 aliphatic heterocycles. The Hall–Kier alpha value is -4.39. The Balaban J connectivity index is 1.72. The van der Waals surface area contributed by atoms with Crippen LogP contribution in [0.5, 0.6) is 5.75 Å². The average Bonchev–Trinajstić information content (AvgIpc) is 3.06. The molecule has 3 aromatic carbocycles. The number of anilines is 3. The third-order valence-corrected chi connectivity index (χ3v) is 5.88. The molecule has 1 unspecified atom stereocenters. The molecule has 1 atom stereocenters. The molecule has 0 bridgehead atoms. The van der Waals surface area contributed by atoms with Gasteiger partial charge < -0.3 is 20.3 Å². The third kappa shape index (κ3) is 4.03. The summed E-state index contributed by atoms with van der Waals surface area (Å²) in [7, 11) is 1.56. The normalized spacial score (nSPS) is 17.5. The molecule has 0 fully saturated rings. The number of ether oxygens (including phenoxy) is 1. The topological polar surface area (TPSA) is 87.7 Å². The molecule has 2 N–H and O–H groups in total. The molecule has 0 saturated heterocycles. The summed E-state index contributed by atoms with van der Waals surface area (Å²) in [4.78, 5) is 42.1. The number of nitrogens with one attached hydrogen (secondary N) is 2. The molecule has 0 spiro atoms. The van der Waals surface area contributed by atoms with Crippen LogP contribution in [0.1, 0.15) is 13.8 Å². The van der Waals surface area contributed by atoms with Crippen molar-refractivity contribution in [2.24, 2.45) is 0 Å². The monoisotopic (exact) mass is 455 g/mol. The minimum atomic E-state index is -1.67. The van der Waals surface area contributed by atoms with Gasteiger partial charge in [0.15, 0.2) is 5.54 Å². The van der Waals surface area contributed by atoms with E-state index in [9.17, 15) is 14.4 Å². The van der Waals surface area contributed by atoms with E-state index < -0.39 is 23.1 Å². The molecule has 34 heavy (non-hydrogen) atoms. The van der Waals surface area contributed by atoms with Crippen molar-refractivity contribution in [1.82, 2.24) is 0 Å². The van der Waals surface area contributed by atoms with Gasteiger partial charge in [-0.25, -0.2) is 0 Å². The highest BCUT2D eigenvalue weighted by Gasteiger charge is 2.55. The molecule has 3 aromatic rings. The highest BCUT2D eigenvalue weighted by atomic mass is 16.5. The summed E-state index contributed by atoms with van der Waals surface area (Å²) in [6, 6.07) is 24.8. The van der Waals surface area contributed by atoms with Gasteiger partial charge in [-0.1, -0.05) is 36.4 Å². The van der Waals surface area contributed by atoms with Crippen LogP contribution in [-0.2, 0) is 14.4 Å². The Morgan fingerprint density at radius 2 is 1.38 bits per heavy atom. The highest BCUT2D eigenvalue weighted by Crippen LogP contribution is 2.39. The van der Waals surface area contributed by atoms with Crippen molar-refractivity contribution in [2.45, 2.75) is 19.4 Å². The van der Waals surface area contributed by atoms with E-state index in [4.69, 9.17) is 4.74 Å². The van der Waals surface area contributed by atoms with E-state index in [-0.39, 0.29) is 5.57 Å². The maximum atomic E-state index is 13.7. The number of carbonyl (C=O) groups is 3. The summed E-state index contributed by atoms with van der Waals surface area (Å²) in [6.07, 6.45) is 0. The van der Waals surface area contributed by atoms with E-state index in [0.29, 0.717) is 28.5 Å². The van der Waals surface area contributed by atoms with E-state index >= 15 is 0 Å². The van der Waals surface area contributed by atoms with Crippen molar-refractivity contribution < 1.29 is 19.1 Å². The maximum absolute atomic E-state index is 13.7. The van der Waals surface area contributed by atoms with Crippen molar-refractivity contribution in [3.63, 3.8) is 0 Å². The molecule has 1 aliphatic rings. The first-order chi connectivity index (χ1) is 16.4. The largest absolute Gasteiger partial charge is 0.497 e. The number of Topliss-reactive ketones (excluding diaryl/α,β-unsaturated/α-hetero) is 1. The number of hydrogen-bond acceptors (Lipinski definition) is 5. The lowest BCUT2D eigenvalue weighted by Gasteiger charge is -2.35. The Morgan fingerprint density at radius 1 is 0.824 bits per heavy atom. The molecule has 2 amide bonds. The van der Waals surface area contributed by atoms with Crippen LogP contribution < -0.4 is 20.3 Å². The summed E-state index contributed by atoms with van der Waals surface area (Å²) in [6.45, 7) is 3.21. The van der Waals surface area contributed by atoms with Gasteiger partial charge in [0.2, 0.25) is 5.78 Å². The molecular formula is C27H25N3O4. The minimum absolute atomic E-state index is 0.0555. The van der Waals surface area contributed by atoms with E-state index in [2.05, 4.69) is 10.6 Å². The fourth-order valence-electron chi connectivity index (χ4n) is 4.10. The number of nitrogens with zero attached hydrogens (tertiary/aromatic N) is 1. The van der Waals surface area contributed by atoms with Crippen molar-refractivity contribution in [3.05, 3.63) is 96.2 Å². The van der Waals surface area contributed by atoms with Crippen molar-refractivity contribution in [2.75, 3.05) is 22.6 Å². The lowest BCUT2D eigenvalue weighted by atomic mass is 9.91. The van der Waals surface area contributed by atoms with Crippen LogP contribution in [0.15, 0.2) is 96.2 Å². The number of para-hydroxylation sites is 2. The number of hydrogen-bond donors (Lipinski definition) is 2. The predicted octanol–water partition coefficient (Wildman–Crippen LogP) is 4.39. The Bertz CT molecular complexity index is 1250. The standard InChI is InChI=1S/C27H25N3O4/c1-18-23(25(32)28-19-10-6-4-7-11-19)24(31)27(2,30(18)21-12-8-5-9-13-21)26(33)29-20-14-16-22(34-3)17-15-20/h4-17H,1-3H3,(H,28,32)(H,29,33). The third-order valence-electron chi connectivity index (χ3n) is 5.88. The highest BCUT2D eigenvalue weighted by molar-refractivity contribution is 6.36. The molecule has 0 aromatic heterocycles. The zero-order chi connectivity index (χ0) is 24.3. The lowest BCUT2D eigenvalue weighted by molar-refractivity contribution is -0.129. The molecule has 0 saturated carbocycles. The van der Waals surface area contributed by atoms with Gasteiger partial charge >= 0.3 is 0 Å². The van der Waals surface area contributed by atoms with E-state index in [1.54, 1.807) is 79.6 Å². The smallest absolute Gasteiger partial charge is 0.261 e. The van der Waals surface area contributed by atoms with Crippen molar-refractivity contribution >= 4 is 34.7 Å². The molecule has 4 rings (SSSR count). The first kappa shape index (κ1) is 22.8. The van der Waals surface area contributed by atoms with Crippen LogP contribution in [-0.4, -0.2) is 30.2 Å². The maximum Gasteiger partial charge on any atom is 0.261 e. The Kier molecular flexibility index (Phi) is 6.19. The molecular weight excluding hydrogens is 430 g/mol. The minimum Gasteiger partial charge on any atom is -0.497 e. The van der Waals surface area contributed by atoms with Crippen molar-refractivity contribution in [3.8, 4) is 5.75 Å². The molecule has 172 valence electrons. The fourth-order valence-corrected chi connectivity index (χ4v) is 4.10. The second kappa shape index (κ2) is 9.23. The number of rotatable bonds is 6. The number of carbonyl (C=O) groups excluding carboxylic acids is 3. The van der Waals surface area contributed by atoms with Gasteiger partial charge in [0.25, 0.3) is 11.8 Å². The number of ketones is 1. The fraction of sp³-hybridized carbons (Fsp3) is 0.148. The zero-order valence-corrected chi connectivity index (χ0v) is 19.2. The first-order valence-corrected chi connectivity index (χ1v) is 10.8. The van der Waals surface area contributed by atoms with Gasteiger partial charge in [-0.2, -0.15) is 0 Å². The Morgan fingerprint density at radius 3 is 1.97 bits per heavy atom. The Labute approximate surface area is 198 Å². The number of allylic oxidation sites excluding steroid dienone is 1. The molecule has 7 nitrogen and oxygen atoms in total. The van der Waals surface area contributed by atoms with Gasteiger partial charge in [0.1, 0.15) is 11.3 Å². The SMILES string of the molecule is COc1ccc(NC(=O)C2(C)C(=O)C(C(=O)Nc3ccccc3)=C(C)N2c2ccccc2)cc1. The van der Waals surface area contributed by atoms with Gasteiger partial charge in [-0.05, 0) is 62.4 Å². The van der Waals surface area contributed by atoms with Gasteiger partial charge in [0.05, 0.1) is 7.11 Å². The molecule has 0 radical (unpaired) electrons. The second-order valence-electron chi connectivity index (χ2n) is 8.04. The zero-order valence-electron chi connectivity index (χ0n) is 19.2. The van der Waals surface area contributed by atoms with Crippen LogP contribution in [0.25, 0.3) is 0 Å². The van der Waals surface area contributed by atoms with Crippen LogP contribution in [0.4, 0.5) is 17.1 Å². The van der Waals surface area contributed by atoms with Crippen molar-refractivity contribution in [1.29, 1.82) is 0 Å². The summed E-state index contributed by atoms with van der Waals surface area (Å²) in [5.74, 6) is -1.04. The van der Waals surface area contributed by atoms with E-state index in [0.717, 1.165) is 0 Å². The van der Waals surface area contributed by atoms with Crippen LogP contribution >= 0.6 is 0 Å². The van der Waals surface area contributed by atoms with Crippen LogP contribution in [0, 0.1) is 0 Å². The molecule has 7 heteroatoms. The van der Waals surface area contributed by atoms with E-state index in [1.165, 1.54) is 6.92 Å². The quantitative estimate of drug-likeness (QED) is 0.425. The summed E-state index contributed by atoms with van der Waals surface area (Å²) >= 11 is 0. The average molecular weight is 456 g/mol. The lowest BCUT2D eigenvalue weighted by Crippen LogP contribution is -2.56. The van der Waals surface area contributed by atoms with Gasteiger partial charge in [-0.15, -0.1) is 0 Å². The molecule has 0 aliphatic carbocycles. The van der Waals surface area contributed by atoms with Gasteiger partial charge in [0, 0.05) is 22.8 Å². The summed E-state index contributed by atoms with van der Waals surface area (Å²) < 4.78 is 5.16. The first-order valence-electron chi connectivity index (χ1n) is 10.8. The van der Waals surface area contributed by atoms with E-state index in [1.807, 2.05) is 24.3 Å². The number of benzene rings is 3. The number of amides is 2. The second-order valence-corrected chi connectivity index (χ2v) is 8.04. The molecule has 1 heterocycles. The number of methoxy groups -OCH3 is 1. The van der Waals surface area contributed by atoms with Gasteiger partial charge in [-0.3, -0.25) is 14.4 Å². The van der Waals surface area contributed by atoms with Crippen LogP contribution in [0.3, 0.4) is 0 Å². The summed E-state index contributed by atoms with van der Waals surface area (Å²) in [5.41, 5.74) is 0.366. The van der Waals surface area contributed by atoms with Crippen LogP contribution in [0.2, 0.25) is 0 Å². The summed E-state index contributed by atoms with van der Waals surface area (Å²) in [5, 5.41) is 5.59. The predicted molar refractivity (Wildman–Crippen MR) is 132 cm³/mol.